The summed E-state index contributed by atoms with van der Waals surface area (Å²) in [5.41, 5.74) is 0.388. The fourth-order valence-corrected chi connectivity index (χ4v) is 1.63. The molecule has 0 amide bonds. The molecule has 0 spiro atoms. The van der Waals surface area contributed by atoms with E-state index < -0.39 is 0 Å². The first kappa shape index (κ1) is 11.4. The number of rotatable bonds is 5. The summed E-state index contributed by atoms with van der Waals surface area (Å²) in [7, 11) is 0. The van der Waals surface area contributed by atoms with E-state index in [0.29, 0.717) is 5.69 Å². The van der Waals surface area contributed by atoms with Gasteiger partial charge in [0.25, 0.3) is 0 Å². The lowest BCUT2D eigenvalue weighted by Crippen LogP contribution is -2.11. The molecule has 0 saturated heterocycles. The van der Waals surface area contributed by atoms with Gasteiger partial charge in [-0.3, -0.25) is 9.78 Å². The van der Waals surface area contributed by atoms with Gasteiger partial charge in [0.2, 0.25) is 0 Å². The summed E-state index contributed by atoms with van der Waals surface area (Å²) in [6, 6.07) is 0. The maximum absolute atomic E-state index is 11.9. The van der Waals surface area contributed by atoms with Crippen LogP contribution in [0.15, 0.2) is 31.0 Å². The molecule has 0 N–H and O–H groups in total. The number of hydrogen-bond donors (Lipinski definition) is 0. The van der Waals surface area contributed by atoms with Crippen LogP contribution in [-0.4, -0.2) is 25.3 Å². The van der Waals surface area contributed by atoms with Crippen molar-refractivity contribution in [3.05, 3.63) is 42.5 Å². The first-order valence-corrected chi connectivity index (χ1v) is 5.60. The second kappa shape index (κ2) is 5.34. The van der Waals surface area contributed by atoms with Crippen molar-refractivity contribution in [1.82, 2.24) is 19.5 Å². The predicted molar refractivity (Wildman–Crippen MR) is 62.6 cm³/mol. The van der Waals surface area contributed by atoms with Crippen molar-refractivity contribution in [2.45, 2.75) is 26.3 Å². The maximum Gasteiger partial charge on any atom is 0.190 e. The van der Waals surface area contributed by atoms with Crippen LogP contribution in [-0.2, 0) is 13.0 Å². The lowest BCUT2D eigenvalue weighted by Gasteiger charge is -2.04. The van der Waals surface area contributed by atoms with E-state index in [0.717, 1.165) is 18.8 Å². The minimum absolute atomic E-state index is 0.0540. The molecule has 88 valence electrons. The van der Waals surface area contributed by atoms with E-state index in [1.807, 2.05) is 10.8 Å². The number of Topliss-reactive ketones (excluding diaryl/α,β-unsaturated/α-hetero) is 1. The Morgan fingerprint density at radius 3 is 2.88 bits per heavy atom. The first-order chi connectivity index (χ1) is 8.31. The SMILES string of the molecule is CCCn1ccnc1CC(=O)c1cnccn1. The molecule has 0 aliphatic rings. The molecule has 2 rings (SSSR count). The Bertz CT molecular complexity index is 492. The quantitative estimate of drug-likeness (QED) is 0.730. The molecule has 0 bridgehead atoms. The Kier molecular flexibility index (Phi) is 3.59. The number of imidazole rings is 1. The van der Waals surface area contributed by atoms with Crippen molar-refractivity contribution >= 4 is 5.78 Å². The molecule has 2 aromatic heterocycles. The third-order valence-corrected chi connectivity index (χ3v) is 2.43. The van der Waals surface area contributed by atoms with Gasteiger partial charge in [0.15, 0.2) is 5.78 Å². The lowest BCUT2D eigenvalue weighted by molar-refractivity contribution is 0.0984. The highest BCUT2D eigenvalue weighted by molar-refractivity contribution is 5.95. The Hall–Kier alpha value is -2.04. The van der Waals surface area contributed by atoms with E-state index in [2.05, 4.69) is 21.9 Å². The number of ketones is 1. The van der Waals surface area contributed by atoms with Crippen molar-refractivity contribution in [3.63, 3.8) is 0 Å². The normalized spacial score (nSPS) is 10.4. The second-order valence-electron chi connectivity index (χ2n) is 3.73. The Morgan fingerprint density at radius 2 is 2.18 bits per heavy atom. The van der Waals surface area contributed by atoms with Gasteiger partial charge in [-0.1, -0.05) is 6.92 Å². The monoisotopic (exact) mass is 230 g/mol. The minimum Gasteiger partial charge on any atom is -0.335 e. The summed E-state index contributed by atoms with van der Waals surface area (Å²) in [5, 5.41) is 0. The molecule has 0 aliphatic heterocycles. The van der Waals surface area contributed by atoms with Crippen molar-refractivity contribution in [3.8, 4) is 0 Å². The lowest BCUT2D eigenvalue weighted by atomic mass is 10.2. The minimum atomic E-state index is -0.0540. The van der Waals surface area contributed by atoms with Gasteiger partial charge < -0.3 is 4.57 Å². The summed E-state index contributed by atoms with van der Waals surface area (Å²) < 4.78 is 1.99. The van der Waals surface area contributed by atoms with Crippen LogP contribution < -0.4 is 0 Å². The summed E-state index contributed by atoms with van der Waals surface area (Å²) in [6.07, 6.45) is 9.45. The molecule has 17 heavy (non-hydrogen) atoms. The number of aromatic nitrogens is 4. The smallest absolute Gasteiger partial charge is 0.190 e. The average Bonchev–Trinajstić information content (AvgIpc) is 2.78. The zero-order valence-corrected chi connectivity index (χ0v) is 9.71. The average molecular weight is 230 g/mol. The third-order valence-electron chi connectivity index (χ3n) is 2.43. The largest absolute Gasteiger partial charge is 0.335 e. The Balaban J connectivity index is 2.11. The fourth-order valence-electron chi connectivity index (χ4n) is 1.63. The number of aryl methyl sites for hydroxylation is 1. The van der Waals surface area contributed by atoms with E-state index in [4.69, 9.17) is 0 Å². The van der Waals surface area contributed by atoms with Crippen LogP contribution in [0.1, 0.15) is 29.7 Å². The van der Waals surface area contributed by atoms with Crippen LogP contribution in [0.2, 0.25) is 0 Å². The fraction of sp³-hybridized carbons (Fsp3) is 0.333. The molecule has 0 aromatic carbocycles. The molecule has 0 atom stereocenters. The van der Waals surface area contributed by atoms with E-state index in [9.17, 15) is 4.79 Å². The van der Waals surface area contributed by atoms with E-state index in [1.54, 1.807) is 12.4 Å². The number of hydrogen-bond acceptors (Lipinski definition) is 4. The van der Waals surface area contributed by atoms with Crippen LogP contribution in [0.5, 0.6) is 0 Å². The molecule has 2 heterocycles. The molecular formula is C12H14N4O. The summed E-state index contributed by atoms with van der Waals surface area (Å²) in [6.45, 7) is 2.97. The van der Waals surface area contributed by atoms with Crippen LogP contribution >= 0.6 is 0 Å². The Morgan fingerprint density at radius 1 is 1.29 bits per heavy atom. The van der Waals surface area contributed by atoms with E-state index in [1.165, 1.54) is 12.4 Å². The molecule has 0 aliphatic carbocycles. The topological polar surface area (TPSA) is 60.7 Å². The molecule has 5 heteroatoms. The van der Waals surface area contributed by atoms with Gasteiger partial charge in [0.1, 0.15) is 11.5 Å². The zero-order chi connectivity index (χ0) is 12.1. The van der Waals surface area contributed by atoms with E-state index in [-0.39, 0.29) is 12.2 Å². The van der Waals surface area contributed by atoms with Gasteiger partial charge in [0.05, 0.1) is 12.6 Å². The molecule has 5 nitrogen and oxygen atoms in total. The molecule has 0 unspecified atom stereocenters. The summed E-state index contributed by atoms with van der Waals surface area (Å²) in [4.78, 5) is 24.0. The van der Waals surface area contributed by atoms with Crippen LogP contribution in [0.4, 0.5) is 0 Å². The highest BCUT2D eigenvalue weighted by Crippen LogP contribution is 2.04. The van der Waals surface area contributed by atoms with E-state index >= 15 is 0 Å². The standard InChI is InChI=1S/C12H14N4O/c1-2-6-16-7-5-15-12(16)8-11(17)10-9-13-3-4-14-10/h3-5,7,9H,2,6,8H2,1H3. The number of carbonyl (C=O) groups excluding carboxylic acids is 1. The van der Waals surface area contributed by atoms with Gasteiger partial charge in [-0.05, 0) is 6.42 Å². The highest BCUT2D eigenvalue weighted by Gasteiger charge is 2.12. The summed E-state index contributed by atoms with van der Waals surface area (Å²) in [5.74, 6) is 0.726. The van der Waals surface area contributed by atoms with Gasteiger partial charge in [-0.2, -0.15) is 0 Å². The second-order valence-corrected chi connectivity index (χ2v) is 3.73. The predicted octanol–water partition coefficient (Wildman–Crippen LogP) is 1.51. The van der Waals surface area contributed by atoms with Crippen LogP contribution in [0, 0.1) is 0 Å². The number of carbonyl (C=O) groups is 1. The summed E-state index contributed by atoms with van der Waals surface area (Å²) >= 11 is 0. The molecule has 0 radical (unpaired) electrons. The Labute approximate surface area is 99.6 Å². The molecular weight excluding hydrogens is 216 g/mol. The first-order valence-electron chi connectivity index (χ1n) is 5.60. The molecule has 0 saturated carbocycles. The van der Waals surface area contributed by atoms with Crippen molar-refractivity contribution in [2.24, 2.45) is 0 Å². The van der Waals surface area contributed by atoms with Gasteiger partial charge in [-0.15, -0.1) is 0 Å². The van der Waals surface area contributed by atoms with Gasteiger partial charge in [-0.25, -0.2) is 9.97 Å². The molecule has 2 aromatic rings. The van der Waals surface area contributed by atoms with Crippen molar-refractivity contribution in [2.75, 3.05) is 0 Å². The zero-order valence-electron chi connectivity index (χ0n) is 9.71. The highest BCUT2D eigenvalue weighted by atomic mass is 16.1. The third kappa shape index (κ3) is 2.75. The maximum atomic E-state index is 11.9. The van der Waals surface area contributed by atoms with Crippen LogP contribution in [0.25, 0.3) is 0 Å². The van der Waals surface area contributed by atoms with Gasteiger partial charge in [0, 0.05) is 31.3 Å². The van der Waals surface area contributed by atoms with Gasteiger partial charge >= 0.3 is 0 Å². The van der Waals surface area contributed by atoms with Crippen molar-refractivity contribution < 1.29 is 4.79 Å². The molecule has 0 fully saturated rings. The number of nitrogens with zero attached hydrogens (tertiary/aromatic N) is 4. The van der Waals surface area contributed by atoms with Crippen molar-refractivity contribution in [1.29, 1.82) is 0 Å². The van der Waals surface area contributed by atoms with Crippen LogP contribution in [0.3, 0.4) is 0 Å².